The second-order valence-electron chi connectivity index (χ2n) is 9.36. The van der Waals surface area contributed by atoms with Gasteiger partial charge in [0.2, 0.25) is 5.91 Å². The summed E-state index contributed by atoms with van der Waals surface area (Å²) in [4.78, 5) is 30.6. The standard InChI is InChI=1S/C30H25N3O2/c34-28(32-19-24(20-9-3-1-4-10-20)21-11-5-2-6-12-21)27-15-22-16-30(17-23(22)18-31-27)25-13-7-8-14-26(25)33-29(30)35/h1-15,18,24H,16-17,19H2,(H,32,34)(H,33,35). The van der Waals surface area contributed by atoms with Crippen molar-refractivity contribution in [1.29, 1.82) is 0 Å². The Morgan fingerprint density at radius 3 is 2.23 bits per heavy atom. The Morgan fingerprint density at radius 1 is 0.886 bits per heavy atom. The van der Waals surface area contributed by atoms with Crippen LogP contribution in [0.15, 0.2) is 97.2 Å². The molecule has 2 heterocycles. The number of benzene rings is 3. The molecule has 1 spiro atoms. The molecule has 6 rings (SSSR count). The Hall–Kier alpha value is -4.25. The van der Waals surface area contributed by atoms with E-state index in [2.05, 4.69) is 39.9 Å². The van der Waals surface area contributed by atoms with Crippen molar-refractivity contribution in [2.45, 2.75) is 24.2 Å². The molecule has 1 atom stereocenters. The topological polar surface area (TPSA) is 71.1 Å². The van der Waals surface area contributed by atoms with Gasteiger partial charge in [0.15, 0.2) is 0 Å². The van der Waals surface area contributed by atoms with Crippen molar-refractivity contribution in [3.63, 3.8) is 0 Å². The summed E-state index contributed by atoms with van der Waals surface area (Å²) >= 11 is 0. The van der Waals surface area contributed by atoms with Crippen LogP contribution in [0.2, 0.25) is 0 Å². The molecule has 3 aromatic carbocycles. The number of rotatable bonds is 5. The van der Waals surface area contributed by atoms with Gasteiger partial charge in [-0.2, -0.15) is 0 Å². The predicted octanol–water partition coefficient (Wildman–Crippen LogP) is 4.63. The first-order valence-electron chi connectivity index (χ1n) is 11.9. The van der Waals surface area contributed by atoms with Crippen LogP contribution in [0, 0.1) is 0 Å². The Morgan fingerprint density at radius 2 is 1.51 bits per heavy atom. The molecule has 1 unspecified atom stereocenters. The third kappa shape index (κ3) is 3.69. The van der Waals surface area contributed by atoms with Crippen LogP contribution in [0.4, 0.5) is 5.69 Å². The first-order valence-corrected chi connectivity index (χ1v) is 11.9. The maximum Gasteiger partial charge on any atom is 0.269 e. The second kappa shape index (κ2) is 8.51. The van der Waals surface area contributed by atoms with Gasteiger partial charge >= 0.3 is 0 Å². The van der Waals surface area contributed by atoms with Gasteiger partial charge in [-0.3, -0.25) is 14.6 Å². The molecule has 1 aliphatic carbocycles. The minimum Gasteiger partial charge on any atom is -0.350 e. The van der Waals surface area contributed by atoms with Gasteiger partial charge < -0.3 is 10.6 Å². The average molecular weight is 460 g/mol. The highest BCUT2D eigenvalue weighted by Gasteiger charge is 2.50. The Kier molecular flexibility index (Phi) is 5.18. The number of carbonyl (C=O) groups excluding carboxylic acids is 2. The monoisotopic (exact) mass is 459 g/mol. The minimum absolute atomic E-state index is 0.0227. The second-order valence-corrected chi connectivity index (χ2v) is 9.36. The molecule has 1 aromatic heterocycles. The van der Waals surface area contributed by atoms with Crippen LogP contribution in [0.25, 0.3) is 0 Å². The van der Waals surface area contributed by atoms with E-state index in [-0.39, 0.29) is 17.7 Å². The Bertz CT molecular complexity index is 1380. The van der Waals surface area contributed by atoms with Crippen LogP contribution in [-0.4, -0.2) is 23.3 Å². The summed E-state index contributed by atoms with van der Waals surface area (Å²) in [6.07, 6.45) is 2.94. The Labute approximate surface area is 204 Å². The summed E-state index contributed by atoms with van der Waals surface area (Å²) in [6, 6.07) is 30.1. The maximum atomic E-state index is 13.1. The quantitative estimate of drug-likeness (QED) is 0.457. The minimum atomic E-state index is -0.610. The highest BCUT2D eigenvalue weighted by Crippen LogP contribution is 2.47. The van der Waals surface area contributed by atoms with Crippen molar-refractivity contribution < 1.29 is 9.59 Å². The van der Waals surface area contributed by atoms with Crippen LogP contribution in [-0.2, 0) is 23.1 Å². The van der Waals surface area contributed by atoms with Gasteiger partial charge in [-0.1, -0.05) is 78.9 Å². The predicted molar refractivity (Wildman–Crippen MR) is 135 cm³/mol. The third-order valence-electron chi connectivity index (χ3n) is 7.30. The van der Waals surface area contributed by atoms with Gasteiger partial charge in [0, 0.05) is 24.3 Å². The van der Waals surface area contributed by atoms with Gasteiger partial charge in [-0.15, -0.1) is 0 Å². The van der Waals surface area contributed by atoms with Gasteiger partial charge in [0.05, 0.1) is 5.41 Å². The van der Waals surface area contributed by atoms with Crippen LogP contribution in [0.1, 0.15) is 44.2 Å². The number of nitrogens with zero attached hydrogens (tertiary/aromatic N) is 1. The molecule has 5 heteroatoms. The molecule has 2 aliphatic rings. The lowest BCUT2D eigenvalue weighted by Gasteiger charge is -2.20. The zero-order chi connectivity index (χ0) is 23.8. The molecule has 1 aliphatic heterocycles. The van der Waals surface area contributed by atoms with E-state index in [0.29, 0.717) is 25.1 Å². The van der Waals surface area contributed by atoms with Crippen molar-refractivity contribution >= 4 is 17.5 Å². The van der Waals surface area contributed by atoms with Crippen LogP contribution < -0.4 is 10.6 Å². The van der Waals surface area contributed by atoms with Crippen molar-refractivity contribution in [2.75, 3.05) is 11.9 Å². The molecule has 0 saturated carbocycles. The smallest absolute Gasteiger partial charge is 0.269 e. The number of carbonyl (C=O) groups is 2. The van der Waals surface area contributed by atoms with E-state index in [0.717, 1.165) is 33.5 Å². The van der Waals surface area contributed by atoms with Gasteiger partial charge in [0.1, 0.15) is 5.69 Å². The van der Waals surface area contributed by atoms with Crippen molar-refractivity contribution in [1.82, 2.24) is 10.3 Å². The highest BCUT2D eigenvalue weighted by atomic mass is 16.2. The van der Waals surface area contributed by atoms with Crippen molar-refractivity contribution in [2.24, 2.45) is 0 Å². The molecule has 2 amide bonds. The zero-order valence-corrected chi connectivity index (χ0v) is 19.2. The number of amides is 2. The number of pyridine rings is 1. The van der Waals surface area contributed by atoms with Crippen LogP contribution >= 0.6 is 0 Å². The molecule has 5 nitrogen and oxygen atoms in total. The van der Waals surface area contributed by atoms with E-state index in [9.17, 15) is 9.59 Å². The number of anilines is 1. The van der Waals surface area contributed by atoms with Gasteiger partial charge in [0.25, 0.3) is 5.91 Å². The molecular formula is C30H25N3O2. The lowest BCUT2D eigenvalue weighted by atomic mass is 9.79. The molecular weight excluding hydrogens is 434 g/mol. The number of nitrogens with one attached hydrogen (secondary N) is 2. The van der Waals surface area contributed by atoms with Gasteiger partial charge in [-0.25, -0.2) is 0 Å². The molecule has 0 saturated heterocycles. The highest BCUT2D eigenvalue weighted by molar-refractivity contribution is 6.07. The van der Waals surface area contributed by atoms with Gasteiger partial charge in [-0.05, 0) is 52.8 Å². The summed E-state index contributed by atoms with van der Waals surface area (Å²) in [7, 11) is 0. The fraction of sp³-hybridized carbons (Fsp3) is 0.167. The lowest BCUT2D eigenvalue weighted by Crippen LogP contribution is -2.35. The summed E-state index contributed by atoms with van der Waals surface area (Å²) in [5.74, 6) is -0.144. The first kappa shape index (κ1) is 21.3. The maximum absolute atomic E-state index is 13.1. The molecule has 35 heavy (non-hydrogen) atoms. The molecule has 0 radical (unpaired) electrons. The summed E-state index contributed by atoms with van der Waals surface area (Å²) in [5.41, 5.74) is 6.01. The van der Waals surface area contributed by atoms with E-state index >= 15 is 0 Å². The van der Waals surface area contributed by atoms with Crippen LogP contribution in [0.5, 0.6) is 0 Å². The number of aromatic nitrogens is 1. The van der Waals surface area contributed by atoms with E-state index in [4.69, 9.17) is 0 Å². The molecule has 172 valence electrons. The SMILES string of the molecule is O=C(NCC(c1ccccc1)c1ccccc1)c1cc2c(cn1)CC1(C2)C(=O)Nc2ccccc21. The van der Waals surface area contributed by atoms with Crippen molar-refractivity contribution in [3.8, 4) is 0 Å². The number of fused-ring (bicyclic) bond motifs is 3. The largest absolute Gasteiger partial charge is 0.350 e. The van der Waals surface area contributed by atoms with Crippen LogP contribution in [0.3, 0.4) is 0 Å². The number of hydrogen-bond donors (Lipinski definition) is 2. The van der Waals surface area contributed by atoms with E-state index in [1.54, 1.807) is 6.20 Å². The third-order valence-corrected chi connectivity index (χ3v) is 7.30. The molecule has 2 N–H and O–H groups in total. The summed E-state index contributed by atoms with van der Waals surface area (Å²) in [6.45, 7) is 0.464. The zero-order valence-electron chi connectivity index (χ0n) is 19.2. The summed E-state index contributed by atoms with van der Waals surface area (Å²) < 4.78 is 0. The fourth-order valence-corrected chi connectivity index (χ4v) is 5.49. The summed E-state index contributed by atoms with van der Waals surface area (Å²) in [5, 5.41) is 6.12. The van der Waals surface area contributed by atoms with E-state index in [1.807, 2.05) is 66.7 Å². The first-order chi connectivity index (χ1) is 17.1. The van der Waals surface area contributed by atoms with E-state index in [1.165, 1.54) is 0 Å². The normalized spacial score (nSPS) is 17.8. The number of para-hydroxylation sites is 1. The molecule has 4 aromatic rings. The average Bonchev–Trinajstić information content (AvgIpc) is 3.42. The van der Waals surface area contributed by atoms with Crippen molar-refractivity contribution in [3.05, 3.63) is 131 Å². The molecule has 0 bridgehead atoms. The number of hydrogen-bond acceptors (Lipinski definition) is 3. The Balaban J connectivity index is 1.22. The lowest BCUT2D eigenvalue weighted by molar-refractivity contribution is -0.120. The van der Waals surface area contributed by atoms with E-state index < -0.39 is 5.41 Å². The molecule has 0 fully saturated rings. The fourth-order valence-electron chi connectivity index (χ4n) is 5.49.